The monoisotopic (exact) mass is 415 g/mol. The lowest BCUT2D eigenvalue weighted by atomic mass is 10.0. The lowest BCUT2D eigenvalue weighted by molar-refractivity contribution is 0.1000. The minimum atomic E-state index is -3.52. The Kier molecular flexibility index (Phi) is 6.12. The van der Waals surface area contributed by atoms with Crippen molar-refractivity contribution in [3.05, 3.63) is 63.7 Å². The molecule has 2 aromatic carbocycles. The first kappa shape index (κ1) is 21.5. The van der Waals surface area contributed by atoms with Gasteiger partial charge in [0.25, 0.3) is 0 Å². The highest BCUT2D eigenvalue weighted by molar-refractivity contribution is 7.89. The average molecular weight is 416 g/mol. The Labute approximate surface area is 173 Å². The molecule has 0 radical (unpaired) electrons. The molecule has 2 N–H and O–H groups in total. The van der Waals surface area contributed by atoms with Crippen molar-refractivity contribution in [1.29, 1.82) is 0 Å². The Morgan fingerprint density at radius 1 is 0.931 bits per heavy atom. The Morgan fingerprint density at radius 3 is 1.93 bits per heavy atom. The molecule has 0 saturated carbocycles. The van der Waals surface area contributed by atoms with Crippen LogP contribution in [0.2, 0.25) is 0 Å². The molecule has 0 atom stereocenters. The Bertz CT molecular complexity index is 996. The molecule has 3 rings (SSSR count). The molecule has 1 amide bonds. The van der Waals surface area contributed by atoms with Gasteiger partial charge in [0.05, 0.1) is 4.90 Å². The van der Waals surface area contributed by atoms with Crippen molar-refractivity contribution in [2.24, 2.45) is 5.73 Å². The number of piperazine rings is 1. The zero-order valence-corrected chi connectivity index (χ0v) is 18.3. The zero-order valence-electron chi connectivity index (χ0n) is 17.5. The molecule has 1 aliphatic rings. The number of sulfonamides is 1. The normalized spacial score (nSPS) is 16.1. The van der Waals surface area contributed by atoms with Crippen LogP contribution < -0.4 is 5.73 Å². The van der Waals surface area contributed by atoms with Gasteiger partial charge in [-0.25, -0.2) is 8.42 Å². The minimum absolute atomic E-state index is 0.438. The van der Waals surface area contributed by atoms with E-state index in [1.165, 1.54) is 0 Å². The second kappa shape index (κ2) is 8.26. The van der Waals surface area contributed by atoms with Crippen LogP contribution in [0.25, 0.3) is 0 Å². The Hall–Kier alpha value is -2.22. The lowest BCUT2D eigenvalue weighted by Gasteiger charge is -2.34. The third-order valence-corrected chi connectivity index (χ3v) is 8.04. The van der Waals surface area contributed by atoms with Gasteiger partial charge in [-0.2, -0.15) is 4.31 Å². The first-order valence-electron chi connectivity index (χ1n) is 9.80. The summed E-state index contributed by atoms with van der Waals surface area (Å²) in [6.45, 7) is 10.7. The number of nitrogens with zero attached hydrogens (tertiary/aromatic N) is 2. The standard InChI is InChI=1S/C22H29N3O3S/c1-15-13-16(2)18(4)21(17(15)3)29(27,28)25-11-9-24(10-12-25)14-19-5-7-20(8-6-19)22(23)26/h5-8,13H,9-12,14H2,1-4H3,(H2,23,26). The molecule has 0 aliphatic carbocycles. The molecule has 1 saturated heterocycles. The van der Waals surface area contributed by atoms with Crippen LogP contribution in [0, 0.1) is 27.7 Å². The fourth-order valence-corrected chi connectivity index (χ4v) is 5.86. The number of aryl methyl sites for hydroxylation is 2. The van der Waals surface area contributed by atoms with Crippen molar-refractivity contribution in [2.75, 3.05) is 26.2 Å². The van der Waals surface area contributed by atoms with E-state index in [9.17, 15) is 13.2 Å². The number of benzene rings is 2. The van der Waals surface area contributed by atoms with Gasteiger partial charge in [0.15, 0.2) is 0 Å². The van der Waals surface area contributed by atoms with Gasteiger partial charge >= 0.3 is 0 Å². The smallest absolute Gasteiger partial charge is 0.248 e. The summed E-state index contributed by atoms with van der Waals surface area (Å²) >= 11 is 0. The maximum atomic E-state index is 13.4. The number of hydrogen-bond acceptors (Lipinski definition) is 4. The number of hydrogen-bond donors (Lipinski definition) is 1. The predicted octanol–water partition coefficient (Wildman–Crippen LogP) is 2.53. The maximum absolute atomic E-state index is 13.4. The van der Waals surface area contributed by atoms with E-state index in [1.807, 2.05) is 45.9 Å². The molecule has 0 unspecified atom stereocenters. The van der Waals surface area contributed by atoms with Crippen LogP contribution in [-0.4, -0.2) is 49.7 Å². The molecule has 6 nitrogen and oxygen atoms in total. The van der Waals surface area contributed by atoms with Gasteiger partial charge in [-0.1, -0.05) is 18.2 Å². The molecule has 0 aromatic heterocycles. The van der Waals surface area contributed by atoms with Crippen molar-refractivity contribution in [3.63, 3.8) is 0 Å². The summed E-state index contributed by atoms with van der Waals surface area (Å²) in [5.74, 6) is -0.438. The molecule has 1 aliphatic heterocycles. The second-order valence-electron chi connectivity index (χ2n) is 7.83. The quantitative estimate of drug-likeness (QED) is 0.813. The second-order valence-corrected chi connectivity index (χ2v) is 9.71. The van der Waals surface area contributed by atoms with Crippen molar-refractivity contribution >= 4 is 15.9 Å². The maximum Gasteiger partial charge on any atom is 0.248 e. The number of carbonyl (C=O) groups excluding carboxylic acids is 1. The third-order valence-electron chi connectivity index (χ3n) is 5.87. The van der Waals surface area contributed by atoms with Gasteiger partial charge in [0.2, 0.25) is 15.9 Å². The Morgan fingerprint density at radius 2 is 1.45 bits per heavy atom. The highest BCUT2D eigenvalue weighted by Crippen LogP contribution is 2.29. The predicted molar refractivity (Wildman–Crippen MR) is 114 cm³/mol. The van der Waals surface area contributed by atoms with E-state index in [4.69, 9.17) is 5.73 Å². The number of carbonyl (C=O) groups is 1. The van der Waals surface area contributed by atoms with Crippen LogP contribution >= 0.6 is 0 Å². The lowest BCUT2D eigenvalue weighted by Crippen LogP contribution is -2.48. The van der Waals surface area contributed by atoms with Crippen molar-refractivity contribution in [1.82, 2.24) is 9.21 Å². The fourth-order valence-electron chi connectivity index (χ4n) is 3.86. The van der Waals surface area contributed by atoms with Gasteiger partial charge < -0.3 is 5.73 Å². The van der Waals surface area contributed by atoms with Crippen LogP contribution in [0.15, 0.2) is 35.2 Å². The van der Waals surface area contributed by atoms with E-state index in [2.05, 4.69) is 4.90 Å². The molecule has 1 fully saturated rings. The van der Waals surface area contributed by atoms with Crippen LogP contribution in [-0.2, 0) is 16.6 Å². The van der Waals surface area contributed by atoms with Gasteiger partial charge in [0, 0.05) is 38.3 Å². The van der Waals surface area contributed by atoms with E-state index in [0.717, 1.165) is 27.8 Å². The van der Waals surface area contributed by atoms with Crippen LogP contribution in [0.3, 0.4) is 0 Å². The van der Waals surface area contributed by atoms with Gasteiger partial charge in [-0.3, -0.25) is 9.69 Å². The highest BCUT2D eigenvalue weighted by atomic mass is 32.2. The van der Waals surface area contributed by atoms with Crippen molar-refractivity contribution in [3.8, 4) is 0 Å². The largest absolute Gasteiger partial charge is 0.366 e. The summed E-state index contributed by atoms with van der Waals surface area (Å²) < 4.78 is 28.3. The third kappa shape index (κ3) is 4.37. The van der Waals surface area contributed by atoms with Gasteiger partial charge in [-0.05, 0) is 67.6 Å². The highest BCUT2D eigenvalue weighted by Gasteiger charge is 2.31. The molecule has 29 heavy (non-hydrogen) atoms. The molecule has 0 spiro atoms. The van der Waals surface area contributed by atoms with Crippen molar-refractivity contribution in [2.45, 2.75) is 39.1 Å². The van der Waals surface area contributed by atoms with E-state index in [-0.39, 0.29) is 0 Å². The summed E-state index contributed by atoms with van der Waals surface area (Å²) in [6, 6.07) is 9.29. The topological polar surface area (TPSA) is 83.7 Å². The van der Waals surface area contributed by atoms with Crippen LogP contribution in [0.5, 0.6) is 0 Å². The summed E-state index contributed by atoms with van der Waals surface area (Å²) in [4.78, 5) is 13.9. The van der Waals surface area contributed by atoms with Crippen LogP contribution in [0.1, 0.15) is 38.2 Å². The van der Waals surface area contributed by atoms with Gasteiger partial charge in [0.1, 0.15) is 0 Å². The van der Waals surface area contributed by atoms with E-state index < -0.39 is 15.9 Å². The Balaban J connectivity index is 1.71. The fraction of sp³-hybridized carbons (Fsp3) is 0.409. The molecule has 2 aromatic rings. The molecular formula is C22H29N3O3S. The first-order valence-corrected chi connectivity index (χ1v) is 11.2. The molecule has 156 valence electrons. The number of amides is 1. The average Bonchev–Trinajstić information content (AvgIpc) is 2.67. The summed E-state index contributed by atoms with van der Waals surface area (Å²) in [5.41, 5.74) is 10.5. The summed E-state index contributed by atoms with van der Waals surface area (Å²) in [6.07, 6.45) is 0. The van der Waals surface area contributed by atoms with E-state index in [1.54, 1.807) is 16.4 Å². The first-order chi connectivity index (χ1) is 13.6. The molecule has 7 heteroatoms. The van der Waals surface area contributed by atoms with E-state index in [0.29, 0.717) is 43.2 Å². The summed E-state index contributed by atoms with van der Waals surface area (Å²) in [5, 5.41) is 0. The molecule has 1 heterocycles. The molecular weight excluding hydrogens is 386 g/mol. The number of nitrogens with two attached hydrogens (primary N) is 1. The number of primary amides is 1. The minimum Gasteiger partial charge on any atom is -0.366 e. The van der Waals surface area contributed by atoms with Crippen molar-refractivity contribution < 1.29 is 13.2 Å². The molecule has 0 bridgehead atoms. The zero-order chi connectivity index (χ0) is 21.3. The summed E-state index contributed by atoms with van der Waals surface area (Å²) in [7, 11) is -3.52. The van der Waals surface area contributed by atoms with E-state index >= 15 is 0 Å². The van der Waals surface area contributed by atoms with Crippen LogP contribution in [0.4, 0.5) is 0 Å². The SMILES string of the molecule is Cc1cc(C)c(C)c(S(=O)(=O)N2CCN(Cc3ccc(C(N)=O)cc3)CC2)c1C. The number of rotatable bonds is 5. The van der Waals surface area contributed by atoms with Gasteiger partial charge in [-0.15, -0.1) is 0 Å².